The number of alkyl carbamates (subject to hydrolysis) is 1. The van der Waals surface area contributed by atoms with Gasteiger partial charge in [0.2, 0.25) is 5.78 Å². The number of rotatable bonds is 7. The van der Waals surface area contributed by atoms with E-state index in [1.807, 2.05) is 49.4 Å². The molecule has 3 saturated heterocycles. The third-order valence-corrected chi connectivity index (χ3v) is 7.19. The third kappa shape index (κ3) is 6.32. The number of quaternary nitrogens is 1. The van der Waals surface area contributed by atoms with Crippen LogP contribution in [-0.2, 0) is 14.3 Å². The number of piperidine rings is 3. The van der Waals surface area contributed by atoms with Crippen LogP contribution in [-0.4, -0.2) is 60.2 Å². The summed E-state index contributed by atoms with van der Waals surface area (Å²) in [5.74, 6) is -0.121. The van der Waals surface area contributed by atoms with Gasteiger partial charge in [-0.15, -0.1) is 0 Å². The predicted octanol–water partition coefficient (Wildman–Crippen LogP) is 4.60. The quantitative estimate of drug-likeness (QED) is 0.346. The zero-order valence-electron chi connectivity index (χ0n) is 21.7. The summed E-state index contributed by atoms with van der Waals surface area (Å²) < 4.78 is 12.1. The average Bonchev–Trinajstić information content (AvgIpc) is 2.83. The number of benzene rings is 2. The van der Waals surface area contributed by atoms with Crippen molar-refractivity contribution in [2.75, 3.05) is 26.2 Å². The van der Waals surface area contributed by atoms with Crippen molar-refractivity contribution in [1.82, 2.24) is 5.32 Å². The average molecular weight is 494 g/mol. The molecule has 3 heterocycles. The van der Waals surface area contributed by atoms with Crippen LogP contribution in [0.2, 0.25) is 0 Å². The van der Waals surface area contributed by atoms with Gasteiger partial charge in [-0.25, -0.2) is 9.59 Å². The molecule has 3 aliphatic heterocycles. The predicted molar refractivity (Wildman–Crippen MR) is 136 cm³/mol. The van der Waals surface area contributed by atoms with Gasteiger partial charge in [0.1, 0.15) is 18.7 Å². The normalized spacial score (nSPS) is 24.0. The van der Waals surface area contributed by atoms with Gasteiger partial charge in [-0.2, -0.15) is 0 Å². The Morgan fingerprint density at radius 2 is 1.64 bits per heavy atom. The van der Waals surface area contributed by atoms with Gasteiger partial charge in [-0.1, -0.05) is 60.2 Å². The van der Waals surface area contributed by atoms with E-state index in [4.69, 9.17) is 9.47 Å². The zero-order chi connectivity index (χ0) is 25.9. The van der Waals surface area contributed by atoms with E-state index in [1.165, 1.54) is 0 Å². The van der Waals surface area contributed by atoms with Gasteiger partial charge in [0.05, 0.1) is 13.1 Å². The number of nitrogens with one attached hydrogen (secondary N) is 1. The highest BCUT2D eigenvalue weighted by Gasteiger charge is 2.49. The number of hydrogen-bond donors (Lipinski definition) is 1. The van der Waals surface area contributed by atoms with E-state index < -0.39 is 23.7 Å². The number of ketones is 1. The Labute approximate surface area is 213 Å². The van der Waals surface area contributed by atoms with E-state index in [2.05, 4.69) is 5.32 Å². The van der Waals surface area contributed by atoms with E-state index >= 15 is 0 Å². The molecule has 7 nitrogen and oxygen atoms in total. The molecule has 7 heteroatoms. The second-order valence-corrected chi connectivity index (χ2v) is 11.2. The maximum Gasteiger partial charge on any atom is 0.408 e. The van der Waals surface area contributed by atoms with Crippen LogP contribution >= 0.6 is 0 Å². The second kappa shape index (κ2) is 10.4. The SMILES string of the molecule is Cc1ccc(C(=O)C[N+]23CCC(CC2)[C@@H](OC(=O)C(NC(=O)OC(C)(C)C)c2ccccc2)C3)cc1. The molecule has 0 aliphatic carbocycles. The molecule has 2 aromatic rings. The van der Waals surface area contributed by atoms with Gasteiger partial charge in [0, 0.05) is 24.3 Å². The minimum atomic E-state index is -0.973. The van der Waals surface area contributed by atoms with Gasteiger partial charge in [0.15, 0.2) is 12.1 Å². The number of esters is 1. The van der Waals surface area contributed by atoms with Gasteiger partial charge in [0.25, 0.3) is 0 Å². The number of aryl methyl sites for hydroxylation is 1. The Kier molecular flexibility index (Phi) is 7.50. The molecule has 1 unspecified atom stereocenters. The standard InChI is InChI=1S/C29H36N2O5/c1-20-10-12-21(13-11-20)24(32)18-31-16-14-22(15-17-31)25(19-31)35-27(33)26(23-8-6-5-7-9-23)30-28(34)36-29(2,3)4/h5-13,22,25-26H,14-19H2,1-4H3/p+1/t22?,25-,26?,31?/m0/s1. The summed E-state index contributed by atoms with van der Waals surface area (Å²) >= 11 is 0. The van der Waals surface area contributed by atoms with Gasteiger partial charge >= 0.3 is 12.1 Å². The molecule has 0 saturated carbocycles. The molecule has 0 radical (unpaired) electrons. The van der Waals surface area contributed by atoms with Crippen molar-refractivity contribution in [3.8, 4) is 0 Å². The molecule has 3 aliphatic rings. The third-order valence-electron chi connectivity index (χ3n) is 7.19. The molecule has 3 fully saturated rings. The van der Waals surface area contributed by atoms with Crippen LogP contribution in [0.1, 0.15) is 61.1 Å². The number of hydrogen-bond acceptors (Lipinski definition) is 5. The number of ether oxygens (including phenoxy) is 2. The number of nitrogens with zero attached hydrogens (tertiary/aromatic N) is 1. The summed E-state index contributed by atoms with van der Waals surface area (Å²) in [6.07, 6.45) is 0.857. The molecule has 2 aromatic carbocycles. The second-order valence-electron chi connectivity index (χ2n) is 11.2. The van der Waals surface area contributed by atoms with E-state index in [9.17, 15) is 14.4 Å². The Bertz CT molecular complexity index is 1080. The van der Waals surface area contributed by atoms with E-state index in [0.29, 0.717) is 23.1 Å². The molecule has 192 valence electrons. The summed E-state index contributed by atoms with van der Waals surface area (Å²) in [5, 5.41) is 2.70. The molecule has 5 rings (SSSR count). The monoisotopic (exact) mass is 493 g/mol. The van der Waals surface area contributed by atoms with Crippen molar-refractivity contribution in [3.05, 3.63) is 71.3 Å². The van der Waals surface area contributed by atoms with Crippen molar-refractivity contribution in [2.24, 2.45) is 5.92 Å². The van der Waals surface area contributed by atoms with Gasteiger partial charge < -0.3 is 19.3 Å². The Morgan fingerprint density at radius 3 is 2.25 bits per heavy atom. The van der Waals surface area contributed by atoms with Crippen LogP contribution in [0.3, 0.4) is 0 Å². The van der Waals surface area contributed by atoms with Crippen LogP contribution < -0.4 is 5.32 Å². The minimum absolute atomic E-state index is 0.120. The minimum Gasteiger partial charge on any atom is -0.454 e. The van der Waals surface area contributed by atoms with E-state index in [1.54, 1.807) is 32.9 Å². The summed E-state index contributed by atoms with van der Waals surface area (Å²) in [4.78, 5) is 39.0. The maximum absolute atomic E-state index is 13.4. The smallest absolute Gasteiger partial charge is 0.408 e. The van der Waals surface area contributed by atoms with Crippen LogP contribution in [0, 0.1) is 12.8 Å². The van der Waals surface area contributed by atoms with Crippen LogP contribution in [0.25, 0.3) is 0 Å². The Hall–Kier alpha value is -3.19. The molecular weight excluding hydrogens is 456 g/mol. The highest BCUT2D eigenvalue weighted by molar-refractivity contribution is 5.97. The Morgan fingerprint density at radius 1 is 1.00 bits per heavy atom. The lowest BCUT2D eigenvalue weighted by Crippen LogP contribution is -2.66. The van der Waals surface area contributed by atoms with Crippen LogP contribution in [0.5, 0.6) is 0 Å². The fraction of sp³-hybridized carbons (Fsp3) is 0.483. The molecule has 2 bridgehead atoms. The largest absolute Gasteiger partial charge is 0.454 e. The molecule has 0 spiro atoms. The summed E-state index contributed by atoms with van der Waals surface area (Å²) in [6.45, 7) is 10.2. The van der Waals surface area contributed by atoms with Gasteiger partial charge in [-0.05, 0) is 33.3 Å². The van der Waals surface area contributed by atoms with Crippen molar-refractivity contribution in [3.63, 3.8) is 0 Å². The van der Waals surface area contributed by atoms with E-state index in [-0.39, 0.29) is 17.8 Å². The van der Waals surface area contributed by atoms with Gasteiger partial charge in [-0.3, -0.25) is 4.79 Å². The molecular formula is C29H37N2O5+. The van der Waals surface area contributed by atoms with Crippen LogP contribution in [0.4, 0.5) is 4.79 Å². The first kappa shape index (κ1) is 25.9. The van der Waals surface area contributed by atoms with Crippen molar-refractivity contribution < 1.29 is 28.3 Å². The number of Topliss-reactive ketones (excluding diaryl/α,β-unsaturated/α-hetero) is 1. The lowest BCUT2D eigenvalue weighted by atomic mass is 9.82. The fourth-order valence-corrected chi connectivity index (χ4v) is 5.28. The first-order chi connectivity index (χ1) is 17.0. The number of fused-ring (bicyclic) bond motifs is 3. The number of carbonyl (C=O) groups excluding carboxylic acids is 3. The molecule has 36 heavy (non-hydrogen) atoms. The summed E-state index contributed by atoms with van der Waals surface area (Å²) in [5.41, 5.74) is 1.79. The van der Waals surface area contributed by atoms with Crippen molar-refractivity contribution >= 4 is 17.8 Å². The van der Waals surface area contributed by atoms with Crippen LogP contribution in [0.15, 0.2) is 54.6 Å². The topological polar surface area (TPSA) is 81.7 Å². The summed E-state index contributed by atoms with van der Waals surface area (Å²) in [7, 11) is 0. The molecule has 0 aromatic heterocycles. The lowest BCUT2D eigenvalue weighted by molar-refractivity contribution is -0.938. The first-order valence-electron chi connectivity index (χ1n) is 12.7. The zero-order valence-corrected chi connectivity index (χ0v) is 21.7. The van der Waals surface area contributed by atoms with E-state index in [0.717, 1.165) is 37.1 Å². The Balaban J connectivity index is 1.46. The number of carbonyl (C=O) groups is 3. The highest BCUT2D eigenvalue weighted by Crippen LogP contribution is 2.36. The molecule has 1 N–H and O–H groups in total. The fourth-order valence-electron chi connectivity index (χ4n) is 5.28. The highest BCUT2D eigenvalue weighted by atomic mass is 16.6. The lowest BCUT2D eigenvalue weighted by Gasteiger charge is -2.51. The van der Waals surface area contributed by atoms with Crippen molar-refractivity contribution in [1.29, 1.82) is 0 Å². The molecule has 1 amide bonds. The first-order valence-corrected chi connectivity index (χ1v) is 12.7. The maximum atomic E-state index is 13.4. The summed E-state index contributed by atoms with van der Waals surface area (Å²) in [6, 6.07) is 15.8. The van der Waals surface area contributed by atoms with Crippen molar-refractivity contribution in [2.45, 2.75) is 58.3 Å². The number of amides is 1. The molecule has 2 atom stereocenters.